The normalized spacial score (nSPS) is 14.1. The number of hydrogen-bond acceptors (Lipinski definition) is 6. The first kappa shape index (κ1) is 19.9. The Morgan fingerprint density at radius 2 is 2.06 bits per heavy atom. The topological polar surface area (TPSA) is 93.9 Å². The Morgan fingerprint density at radius 3 is 2.77 bits per heavy atom. The third kappa shape index (κ3) is 3.98. The van der Waals surface area contributed by atoms with Crippen LogP contribution in [0.3, 0.4) is 0 Å². The quantitative estimate of drug-likeness (QED) is 0.481. The van der Waals surface area contributed by atoms with E-state index in [0.29, 0.717) is 23.8 Å². The van der Waals surface area contributed by atoms with Crippen LogP contribution in [0.25, 0.3) is 21.5 Å². The highest BCUT2D eigenvalue weighted by atomic mass is 32.2. The molecule has 3 aromatic heterocycles. The average molecular weight is 453 g/mol. The van der Waals surface area contributed by atoms with Crippen molar-refractivity contribution in [3.05, 3.63) is 71.1 Å². The van der Waals surface area contributed by atoms with Crippen molar-refractivity contribution in [3.63, 3.8) is 0 Å². The van der Waals surface area contributed by atoms with Gasteiger partial charge in [-0.2, -0.15) is 0 Å². The van der Waals surface area contributed by atoms with E-state index in [4.69, 9.17) is 4.98 Å². The van der Waals surface area contributed by atoms with Crippen molar-refractivity contribution in [1.82, 2.24) is 19.3 Å². The van der Waals surface area contributed by atoms with Crippen LogP contribution in [0.15, 0.2) is 54.2 Å². The molecule has 5 rings (SSSR count). The van der Waals surface area contributed by atoms with Gasteiger partial charge in [0.25, 0.3) is 5.91 Å². The van der Waals surface area contributed by atoms with Crippen molar-refractivity contribution in [2.24, 2.45) is 0 Å². The molecule has 1 saturated carbocycles. The minimum absolute atomic E-state index is 0.162. The van der Waals surface area contributed by atoms with Crippen LogP contribution in [-0.2, 0) is 16.6 Å². The third-order valence-electron chi connectivity index (χ3n) is 5.26. The van der Waals surface area contributed by atoms with Gasteiger partial charge in [-0.1, -0.05) is 18.2 Å². The maximum atomic E-state index is 13.1. The number of nitrogens with zero attached hydrogens (tertiary/aromatic N) is 3. The highest BCUT2D eigenvalue weighted by Crippen LogP contribution is 2.43. The molecule has 0 saturated heterocycles. The van der Waals surface area contributed by atoms with Crippen LogP contribution in [0, 0.1) is 0 Å². The molecule has 1 amide bonds. The number of nitrogens with one attached hydrogen (secondary N) is 1. The zero-order chi connectivity index (χ0) is 21.6. The second-order valence-corrected chi connectivity index (χ2v) is 10.4. The van der Waals surface area contributed by atoms with E-state index in [-0.39, 0.29) is 5.92 Å². The van der Waals surface area contributed by atoms with Gasteiger partial charge in [0.15, 0.2) is 0 Å². The standard InChI is InChI=1S/C22H20N4O3S2/c1-31(28,29)25-22(27)19-18(14-7-8-14)24-21(16-6-3-10-23-12-16)26(19)13-17-5-2-4-15-9-11-30-20(15)17/h2-6,9-12,14H,7-8,13H2,1H3,(H,25,27). The molecule has 0 bridgehead atoms. The van der Waals surface area contributed by atoms with Crippen molar-refractivity contribution in [1.29, 1.82) is 0 Å². The number of carbonyl (C=O) groups is 1. The van der Waals surface area contributed by atoms with Gasteiger partial charge in [0, 0.05) is 28.6 Å². The fourth-order valence-electron chi connectivity index (χ4n) is 3.79. The van der Waals surface area contributed by atoms with Gasteiger partial charge >= 0.3 is 0 Å². The summed E-state index contributed by atoms with van der Waals surface area (Å²) in [4.78, 5) is 22.2. The number of hydrogen-bond donors (Lipinski definition) is 1. The number of amides is 1. The summed E-state index contributed by atoms with van der Waals surface area (Å²) in [6.07, 6.45) is 6.24. The van der Waals surface area contributed by atoms with Crippen LogP contribution < -0.4 is 4.72 Å². The van der Waals surface area contributed by atoms with Gasteiger partial charge in [0.1, 0.15) is 11.5 Å². The Labute approximate surface area is 183 Å². The van der Waals surface area contributed by atoms with E-state index in [1.165, 1.54) is 0 Å². The number of sulfonamides is 1. The van der Waals surface area contributed by atoms with Gasteiger partial charge in [0.2, 0.25) is 10.0 Å². The Bertz CT molecular complexity index is 1390. The van der Waals surface area contributed by atoms with Crippen molar-refractivity contribution in [2.45, 2.75) is 25.3 Å². The van der Waals surface area contributed by atoms with Crippen molar-refractivity contribution >= 4 is 37.4 Å². The van der Waals surface area contributed by atoms with E-state index in [1.807, 2.05) is 34.2 Å². The van der Waals surface area contributed by atoms with Gasteiger partial charge in [-0.3, -0.25) is 9.78 Å². The van der Waals surface area contributed by atoms with Crippen LogP contribution in [0.5, 0.6) is 0 Å². The summed E-state index contributed by atoms with van der Waals surface area (Å²) in [6.45, 7) is 0.397. The first-order valence-corrected chi connectivity index (χ1v) is 12.7. The highest BCUT2D eigenvalue weighted by Gasteiger charge is 2.35. The van der Waals surface area contributed by atoms with Crippen LogP contribution in [0.2, 0.25) is 0 Å². The fraction of sp³-hybridized carbons (Fsp3) is 0.227. The van der Waals surface area contributed by atoms with Crippen LogP contribution in [-0.4, -0.2) is 35.1 Å². The Kier molecular flexibility index (Phi) is 4.86. The lowest BCUT2D eigenvalue weighted by molar-refractivity contribution is 0.0972. The van der Waals surface area contributed by atoms with Gasteiger partial charge in [-0.15, -0.1) is 11.3 Å². The molecule has 1 N–H and O–H groups in total. The van der Waals surface area contributed by atoms with Gasteiger partial charge in [-0.05, 0) is 47.4 Å². The molecule has 0 atom stereocenters. The van der Waals surface area contributed by atoms with E-state index in [0.717, 1.165) is 40.3 Å². The lowest BCUT2D eigenvalue weighted by Gasteiger charge is -2.13. The summed E-state index contributed by atoms with van der Waals surface area (Å²) in [5, 5.41) is 3.17. The largest absolute Gasteiger partial charge is 0.315 e. The van der Waals surface area contributed by atoms with E-state index >= 15 is 0 Å². The summed E-state index contributed by atoms with van der Waals surface area (Å²) < 4.78 is 28.8. The molecule has 158 valence electrons. The molecule has 3 heterocycles. The molecule has 0 aliphatic heterocycles. The molecule has 4 aromatic rings. The number of carbonyl (C=O) groups excluding carboxylic acids is 1. The van der Waals surface area contributed by atoms with E-state index < -0.39 is 15.9 Å². The van der Waals surface area contributed by atoms with Crippen molar-refractivity contribution < 1.29 is 13.2 Å². The number of aromatic nitrogens is 3. The van der Waals surface area contributed by atoms with Gasteiger partial charge in [-0.25, -0.2) is 18.1 Å². The zero-order valence-electron chi connectivity index (χ0n) is 16.8. The molecular weight excluding hydrogens is 432 g/mol. The van der Waals surface area contributed by atoms with E-state index in [9.17, 15) is 13.2 Å². The number of benzene rings is 1. The fourth-order valence-corrected chi connectivity index (χ4v) is 5.13. The minimum Gasteiger partial charge on any atom is -0.315 e. The maximum Gasteiger partial charge on any atom is 0.283 e. The number of thiophene rings is 1. The van der Waals surface area contributed by atoms with Crippen molar-refractivity contribution in [2.75, 3.05) is 6.26 Å². The Balaban J connectivity index is 1.71. The second-order valence-electron chi connectivity index (χ2n) is 7.73. The van der Waals surface area contributed by atoms with Gasteiger partial charge in [0.05, 0.1) is 18.5 Å². The highest BCUT2D eigenvalue weighted by molar-refractivity contribution is 7.89. The molecule has 1 aliphatic carbocycles. The van der Waals surface area contributed by atoms with E-state index in [2.05, 4.69) is 21.8 Å². The summed E-state index contributed by atoms with van der Waals surface area (Å²) in [6, 6.07) is 11.8. The van der Waals surface area contributed by atoms with Gasteiger partial charge < -0.3 is 4.57 Å². The van der Waals surface area contributed by atoms with Crippen LogP contribution >= 0.6 is 11.3 Å². The van der Waals surface area contributed by atoms with Crippen LogP contribution in [0.1, 0.15) is 40.5 Å². The molecular formula is C22H20N4O3S2. The molecule has 9 heteroatoms. The molecule has 1 fully saturated rings. The Hall–Kier alpha value is -3.04. The molecule has 0 spiro atoms. The average Bonchev–Trinajstić information content (AvgIpc) is 3.33. The Morgan fingerprint density at radius 1 is 1.23 bits per heavy atom. The lowest BCUT2D eigenvalue weighted by Crippen LogP contribution is -2.32. The summed E-state index contributed by atoms with van der Waals surface area (Å²) in [5.41, 5.74) is 2.78. The zero-order valence-corrected chi connectivity index (χ0v) is 18.4. The predicted octanol–water partition coefficient (Wildman–Crippen LogP) is 3.77. The smallest absolute Gasteiger partial charge is 0.283 e. The molecule has 0 radical (unpaired) electrons. The maximum absolute atomic E-state index is 13.1. The first-order chi connectivity index (χ1) is 14.9. The second kappa shape index (κ2) is 7.58. The van der Waals surface area contributed by atoms with E-state index in [1.54, 1.807) is 23.7 Å². The lowest BCUT2D eigenvalue weighted by atomic mass is 10.1. The molecule has 1 aromatic carbocycles. The summed E-state index contributed by atoms with van der Waals surface area (Å²) in [7, 11) is -3.72. The summed E-state index contributed by atoms with van der Waals surface area (Å²) >= 11 is 1.64. The third-order valence-corrected chi connectivity index (χ3v) is 6.82. The van der Waals surface area contributed by atoms with Crippen LogP contribution in [0.4, 0.5) is 0 Å². The molecule has 31 heavy (non-hydrogen) atoms. The summed E-state index contributed by atoms with van der Waals surface area (Å²) in [5.74, 6) is 0.127. The van der Waals surface area contributed by atoms with Crippen molar-refractivity contribution in [3.8, 4) is 11.4 Å². The SMILES string of the molecule is CS(=O)(=O)NC(=O)c1c(C2CC2)nc(-c2cccnc2)n1Cc1cccc2ccsc12. The first-order valence-electron chi connectivity index (χ1n) is 9.89. The number of rotatable bonds is 6. The minimum atomic E-state index is -3.72. The number of fused-ring (bicyclic) bond motifs is 1. The number of imidazole rings is 1. The monoisotopic (exact) mass is 452 g/mol. The number of pyridine rings is 1. The molecule has 7 nitrogen and oxygen atoms in total. The predicted molar refractivity (Wildman–Crippen MR) is 121 cm³/mol. The molecule has 1 aliphatic rings. The molecule has 0 unspecified atom stereocenters.